The van der Waals surface area contributed by atoms with Crippen molar-refractivity contribution < 1.29 is 5.11 Å². The van der Waals surface area contributed by atoms with Crippen LogP contribution in [0.3, 0.4) is 0 Å². The zero-order valence-electron chi connectivity index (χ0n) is 9.79. The molecule has 0 saturated carbocycles. The fraction of sp³-hybridized carbons (Fsp3) is 0.727. The first-order valence-electron chi connectivity index (χ1n) is 5.34. The molecular formula is C11H19ClN2O. The van der Waals surface area contributed by atoms with Crippen LogP contribution in [-0.2, 0) is 7.05 Å². The van der Waals surface area contributed by atoms with Crippen LogP contribution in [0.1, 0.15) is 44.1 Å². The van der Waals surface area contributed by atoms with Crippen LogP contribution in [0, 0.1) is 12.8 Å². The summed E-state index contributed by atoms with van der Waals surface area (Å²) in [5, 5.41) is 14.8. The number of aliphatic hydroxyl groups is 1. The summed E-state index contributed by atoms with van der Waals surface area (Å²) < 4.78 is 1.60. The van der Waals surface area contributed by atoms with Gasteiger partial charge < -0.3 is 5.11 Å². The summed E-state index contributed by atoms with van der Waals surface area (Å²) in [6.07, 6.45) is 1.30. The molecule has 3 nitrogen and oxygen atoms in total. The number of halogens is 1. The number of hydrogen-bond acceptors (Lipinski definition) is 2. The van der Waals surface area contributed by atoms with E-state index in [1.165, 1.54) is 0 Å². The third-order valence-corrected chi connectivity index (χ3v) is 3.30. The molecule has 1 rings (SSSR count). The molecule has 0 aliphatic carbocycles. The van der Waals surface area contributed by atoms with Crippen LogP contribution in [0.15, 0.2) is 0 Å². The van der Waals surface area contributed by atoms with Crippen molar-refractivity contribution in [1.29, 1.82) is 0 Å². The van der Waals surface area contributed by atoms with Crippen LogP contribution >= 0.6 is 11.6 Å². The Balaban J connectivity index is 2.86. The second kappa shape index (κ2) is 4.99. The average Bonchev–Trinajstić information content (AvgIpc) is 2.41. The van der Waals surface area contributed by atoms with Crippen molar-refractivity contribution in [3.05, 3.63) is 16.4 Å². The molecule has 0 bridgehead atoms. The first-order chi connectivity index (χ1) is 6.97. The Hall–Kier alpha value is -0.540. The van der Waals surface area contributed by atoms with Gasteiger partial charge in [-0.3, -0.25) is 4.68 Å². The van der Waals surface area contributed by atoms with Crippen LogP contribution in [0.5, 0.6) is 0 Å². The van der Waals surface area contributed by atoms with Crippen molar-refractivity contribution in [2.75, 3.05) is 0 Å². The van der Waals surface area contributed by atoms with Crippen LogP contribution in [-0.4, -0.2) is 14.9 Å². The highest BCUT2D eigenvalue weighted by Gasteiger charge is 2.20. The smallest absolute Gasteiger partial charge is 0.132 e. The summed E-state index contributed by atoms with van der Waals surface area (Å²) >= 11 is 6.08. The number of nitrogens with zero attached hydrogens (tertiary/aromatic N) is 2. The summed E-state index contributed by atoms with van der Waals surface area (Å²) in [7, 11) is 1.79. The van der Waals surface area contributed by atoms with Crippen LogP contribution in [0.2, 0.25) is 5.15 Å². The minimum Gasteiger partial charge on any atom is -0.388 e. The van der Waals surface area contributed by atoms with Gasteiger partial charge in [-0.25, -0.2) is 0 Å². The van der Waals surface area contributed by atoms with E-state index in [1.54, 1.807) is 11.7 Å². The maximum atomic E-state index is 10.1. The summed E-state index contributed by atoms with van der Waals surface area (Å²) in [6.45, 7) is 6.12. The van der Waals surface area contributed by atoms with E-state index in [1.807, 2.05) is 6.92 Å². The van der Waals surface area contributed by atoms with Gasteiger partial charge in [0.25, 0.3) is 0 Å². The van der Waals surface area contributed by atoms with Crippen molar-refractivity contribution in [3.63, 3.8) is 0 Å². The fourth-order valence-electron chi connectivity index (χ4n) is 1.69. The number of aliphatic hydroxyl groups excluding tert-OH is 1. The maximum Gasteiger partial charge on any atom is 0.132 e. The predicted molar refractivity (Wildman–Crippen MR) is 62.0 cm³/mol. The van der Waals surface area contributed by atoms with Crippen molar-refractivity contribution in [2.24, 2.45) is 13.0 Å². The summed E-state index contributed by atoms with van der Waals surface area (Å²) in [5.74, 6) is 0.496. The van der Waals surface area contributed by atoms with Crippen LogP contribution in [0.4, 0.5) is 0 Å². The highest BCUT2D eigenvalue weighted by molar-refractivity contribution is 6.30. The standard InChI is InChI=1S/C11H19ClN2O/c1-5-7(2)6-9(15)10-8(3)13-14(4)11(10)12/h7,9,15H,5-6H2,1-4H3. The molecule has 2 atom stereocenters. The lowest BCUT2D eigenvalue weighted by Crippen LogP contribution is -2.05. The molecule has 1 aromatic rings. The van der Waals surface area contributed by atoms with E-state index in [4.69, 9.17) is 11.6 Å². The van der Waals surface area contributed by atoms with Crippen LogP contribution in [0.25, 0.3) is 0 Å². The van der Waals surface area contributed by atoms with Crippen molar-refractivity contribution in [1.82, 2.24) is 9.78 Å². The Bertz CT molecular complexity index is 336. The monoisotopic (exact) mass is 230 g/mol. The number of hydrogen-bond donors (Lipinski definition) is 1. The summed E-state index contributed by atoms with van der Waals surface area (Å²) in [4.78, 5) is 0. The molecular weight excluding hydrogens is 212 g/mol. The third kappa shape index (κ3) is 2.73. The van der Waals surface area contributed by atoms with Gasteiger partial charge in [-0.05, 0) is 19.3 Å². The van der Waals surface area contributed by atoms with Crippen molar-refractivity contribution >= 4 is 11.6 Å². The highest BCUT2D eigenvalue weighted by atomic mass is 35.5. The first-order valence-corrected chi connectivity index (χ1v) is 5.72. The largest absolute Gasteiger partial charge is 0.388 e. The highest BCUT2D eigenvalue weighted by Crippen LogP contribution is 2.30. The zero-order chi connectivity index (χ0) is 11.6. The van der Waals surface area contributed by atoms with E-state index in [0.29, 0.717) is 11.1 Å². The second-order valence-corrected chi connectivity index (χ2v) is 4.54. The molecule has 1 N–H and O–H groups in total. The van der Waals surface area contributed by atoms with Gasteiger partial charge in [0.15, 0.2) is 0 Å². The third-order valence-electron chi connectivity index (χ3n) is 2.85. The molecule has 1 aromatic heterocycles. The van der Waals surface area contributed by atoms with E-state index in [-0.39, 0.29) is 0 Å². The van der Waals surface area contributed by atoms with Gasteiger partial charge in [0.2, 0.25) is 0 Å². The molecule has 4 heteroatoms. The van der Waals surface area contributed by atoms with E-state index in [2.05, 4.69) is 18.9 Å². The Morgan fingerprint density at radius 1 is 1.53 bits per heavy atom. The summed E-state index contributed by atoms with van der Waals surface area (Å²) in [5.41, 5.74) is 1.60. The lowest BCUT2D eigenvalue weighted by Gasteiger charge is -2.14. The first kappa shape index (κ1) is 12.5. The normalized spacial score (nSPS) is 15.3. The molecule has 1 heterocycles. The Labute approximate surface area is 96.1 Å². The number of aromatic nitrogens is 2. The predicted octanol–water partition coefficient (Wildman–Crippen LogP) is 2.85. The van der Waals surface area contributed by atoms with E-state index in [0.717, 1.165) is 24.1 Å². The van der Waals surface area contributed by atoms with E-state index < -0.39 is 6.10 Å². The molecule has 86 valence electrons. The lowest BCUT2D eigenvalue weighted by molar-refractivity contribution is 0.146. The number of rotatable bonds is 4. The average molecular weight is 231 g/mol. The minimum absolute atomic E-state index is 0.496. The van der Waals surface area contributed by atoms with Gasteiger partial charge in [-0.15, -0.1) is 0 Å². The topological polar surface area (TPSA) is 38.1 Å². The van der Waals surface area contributed by atoms with Crippen molar-refractivity contribution in [3.8, 4) is 0 Å². The zero-order valence-corrected chi connectivity index (χ0v) is 10.5. The van der Waals surface area contributed by atoms with Crippen molar-refractivity contribution in [2.45, 2.75) is 39.7 Å². The molecule has 2 unspecified atom stereocenters. The van der Waals surface area contributed by atoms with Gasteiger partial charge in [0.1, 0.15) is 5.15 Å². The maximum absolute atomic E-state index is 10.1. The van der Waals surface area contributed by atoms with Crippen LogP contribution < -0.4 is 0 Å². The summed E-state index contributed by atoms with van der Waals surface area (Å²) in [6, 6.07) is 0. The Morgan fingerprint density at radius 2 is 2.13 bits per heavy atom. The molecule has 0 spiro atoms. The molecule has 0 aromatic carbocycles. The van der Waals surface area contributed by atoms with Gasteiger partial charge in [0.05, 0.1) is 11.8 Å². The minimum atomic E-state index is -0.499. The molecule has 0 radical (unpaired) electrons. The molecule has 0 aliphatic rings. The van der Waals surface area contributed by atoms with Gasteiger partial charge in [-0.1, -0.05) is 31.9 Å². The van der Waals surface area contributed by atoms with E-state index >= 15 is 0 Å². The SMILES string of the molecule is CCC(C)CC(O)c1c(C)nn(C)c1Cl. The molecule has 0 amide bonds. The number of aryl methyl sites for hydroxylation is 2. The van der Waals surface area contributed by atoms with Gasteiger partial charge >= 0.3 is 0 Å². The second-order valence-electron chi connectivity index (χ2n) is 4.18. The lowest BCUT2D eigenvalue weighted by atomic mass is 9.97. The molecule has 0 aliphatic heterocycles. The van der Waals surface area contributed by atoms with Gasteiger partial charge in [0, 0.05) is 12.6 Å². The van der Waals surface area contributed by atoms with E-state index in [9.17, 15) is 5.11 Å². The molecule has 0 fully saturated rings. The quantitative estimate of drug-likeness (QED) is 0.864. The molecule has 15 heavy (non-hydrogen) atoms. The Morgan fingerprint density at radius 3 is 2.53 bits per heavy atom. The fourth-order valence-corrected chi connectivity index (χ4v) is 1.99. The molecule has 0 saturated heterocycles. The Kier molecular flexibility index (Phi) is 4.17. The van der Waals surface area contributed by atoms with Gasteiger partial charge in [-0.2, -0.15) is 5.10 Å².